The van der Waals surface area contributed by atoms with E-state index in [0.717, 1.165) is 11.1 Å². The Morgan fingerprint density at radius 3 is 2.38 bits per heavy atom. The number of ether oxygens (including phenoxy) is 3. The van der Waals surface area contributed by atoms with Crippen molar-refractivity contribution in [1.82, 2.24) is 0 Å². The van der Waals surface area contributed by atoms with Crippen molar-refractivity contribution in [2.24, 2.45) is 29.6 Å². The summed E-state index contributed by atoms with van der Waals surface area (Å²) in [6.07, 6.45) is 9.24. The van der Waals surface area contributed by atoms with Gasteiger partial charge in [0.1, 0.15) is 12.2 Å². The topological polar surface area (TPSA) is 123 Å². The van der Waals surface area contributed by atoms with Gasteiger partial charge < -0.3 is 29.5 Å². The maximum absolute atomic E-state index is 13.3. The van der Waals surface area contributed by atoms with Crippen LogP contribution in [0.25, 0.3) is 0 Å². The molecule has 10 atom stereocenters. The lowest BCUT2D eigenvalue weighted by atomic mass is 9.84. The van der Waals surface area contributed by atoms with E-state index < -0.39 is 48.3 Å². The summed E-state index contributed by atoms with van der Waals surface area (Å²) >= 11 is 0. The van der Waals surface area contributed by atoms with Crippen molar-refractivity contribution < 1.29 is 39.1 Å². The number of cyclic esters (lactones) is 1. The molecule has 1 rings (SSSR count). The molecule has 1 aliphatic heterocycles. The van der Waals surface area contributed by atoms with Gasteiger partial charge in [0, 0.05) is 30.8 Å². The Labute approximate surface area is 252 Å². The number of hydrogen-bond acceptors (Lipinski definition) is 8. The number of allylic oxidation sites excluding steroid dienone is 6. The van der Waals surface area contributed by atoms with Crippen LogP contribution in [0.5, 0.6) is 0 Å². The van der Waals surface area contributed by atoms with Crippen molar-refractivity contribution in [1.29, 1.82) is 0 Å². The fourth-order valence-electron chi connectivity index (χ4n) is 5.21. The summed E-state index contributed by atoms with van der Waals surface area (Å²) in [5.74, 6) is -2.96. The van der Waals surface area contributed by atoms with Gasteiger partial charge in [-0.25, -0.2) is 4.79 Å². The Bertz CT molecular complexity index is 1020. The molecular formula is C34H54O8. The average molecular weight is 591 g/mol. The molecule has 0 radical (unpaired) electrons. The molecule has 0 saturated heterocycles. The normalized spacial score (nSPS) is 33.0. The molecule has 8 unspecified atom stereocenters. The predicted octanol–water partition coefficient (Wildman–Crippen LogP) is 5.09. The van der Waals surface area contributed by atoms with E-state index in [1.807, 2.05) is 59.8 Å². The Morgan fingerprint density at radius 1 is 1.17 bits per heavy atom. The number of esters is 1. The number of carbonyl (C=O) groups excluding carboxylic acids is 2. The summed E-state index contributed by atoms with van der Waals surface area (Å²) in [7, 11) is 2.86. The van der Waals surface area contributed by atoms with Crippen LogP contribution in [-0.4, -0.2) is 71.8 Å². The van der Waals surface area contributed by atoms with Gasteiger partial charge in [0.05, 0.1) is 25.4 Å². The van der Waals surface area contributed by atoms with Crippen LogP contribution < -0.4 is 0 Å². The first kappa shape index (κ1) is 37.5. The molecular weight excluding hydrogens is 536 g/mol. The second-order valence-electron chi connectivity index (χ2n) is 11.9. The van der Waals surface area contributed by atoms with E-state index in [1.54, 1.807) is 32.1 Å². The van der Waals surface area contributed by atoms with E-state index in [0.29, 0.717) is 12.8 Å². The number of hydrogen-bond donors (Lipinski definition) is 3. The highest BCUT2D eigenvalue weighted by Gasteiger charge is 2.38. The SMILES string of the molecule is CCC(O)C(C)/C=C/C(=O)C(C)C(O)C(C)C1OC(=O)/C(OC)=C/C(C)=C/C(C)C(O)[C@@H](C)C/C(C)=C/C=C/[C@@H]1OC. The van der Waals surface area contributed by atoms with Crippen LogP contribution in [0.3, 0.4) is 0 Å². The smallest absolute Gasteiger partial charge is 0.373 e. The predicted molar refractivity (Wildman–Crippen MR) is 165 cm³/mol. The zero-order valence-corrected chi connectivity index (χ0v) is 27.1. The van der Waals surface area contributed by atoms with Gasteiger partial charge >= 0.3 is 5.97 Å². The fraction of sp³-hybridized carbons (Fsp3) is 0.647. The quantitative estimate of drug-likeness (QED) is 0.237. The third kappa shape index (κ3) is 11.3. The largest absolute Gasteiger partial charge is 0.490 e. The second kappa shape index (κ2) is 18.2. The molecule has 0 aromatic heterocycles. The van der Waals surface area contributed by atoms with Gasteiger partial charge in [-0.1, -0.05) is 83.1 Å². The summed E-state index contributed by atoms with van der Waals surface area (Å²) in [6, 6.07) is 0. The van der Waals surface area contributed by atoms with E-state index in [4.69, 9.17) is 14.2 Å². The third-order valence-electron chi connectivity index (χ3n) is 8.20. The van der Waals surface area contributed by atoms with E-state index in [9.17, 15) is 24.9 Å². The molecule has 238 valence electrons. The Kier molecular flexibility index (Phi) is 16.3. The lowest BCUT2D eigenvalue weighted by molar-refractivity contribution is -0.162. The maximum atomic E-state index is 13.3. The Morgan fingerprint density at radius 2 is 1.81 bits per heavy atom. The van der Waals surface area contributed by atoms with Crippen molar-refractivity contribution in [3.8, 4) is 0 Å². The van der Waals surface area contributed by atoms with Crippen LogP contribution in [0.2, 0.25) is 0 Å². The van der Waals surface area contributed by atoms with Crippen molar-refractivity contribution in [2.45, 2.75) is 98.8 Å². The molecule has 42 heavy (non-hydrogen) atoms. The number of rotatable bonds is 10. The van der Waals surface area contributed by atoms with Crippen LogP contribution in [0.4, 0.5) is 0 Å². The molecule has 1 aliphatic rings. The van der Waals surface area contributed by atoms with Gasteiger partial charge in [0.25, 0.3) is 0 Å². The third-order valence-corrected chi connectivity index (χ3v) is 8.20. The highest BCUT2D eigenvalue weighted by atomic mass is 16.6. The summed E-state index contributed by atoms with van der Waals surface area (Å²) < 4.78 is 17.0. The summed E-state index contributed by atoms with van der Waals surface area (Å²) in [6.45, 7) is 14.8. The monoisotopic (exact) mass is 590 g/mol. The minimum Gasteiger partial charge on any atom is -0.490 e. The van der Waals surface area contributed by atoms with Crippen molar-refractivity contribution in [3.63, 3.8) is 0 Å². The molecule has 0 saturated carbocycles. The molecule has 0 amide bonds. The molecule has 3 N–H and O–H groups in total. The van der Waals surface area contributed by atoms with Gasteiger partial charge in [-0.3, -0.25) is 4.79 Å². The van der Waals surface area contributed by atoms with Crippen LogP contribution in [0.15, 0.2) is 59.4 Å². The van der Waals surface area contributed by atoms with Gasteiger partial charge in [-0.2, -0.15) is 0 Å². The summed E-state index contributed by atoms with van der Waals surface area (Å²) in [5, 5.41) is 32.2. The molecule has 0 aromatic carbocycles. The molecule has 8 heteroatoms. The van der Waals surface area contributed by atoms with Crippen LogP contribution in [-0.2, 0) is 23.8 Å². The zero-order valence-electron chi connectivity index (χ0n) is 27.1. The van der Waals surface area contributed by atoms with Crippen molar-refractivity contribution in [3.05, 3.63) is 59.4 Å². The van der Waals surface area contributed by atoms with Gasteiger partial charge in [-0.15, -0.1) is 0 Å². The molecule has 0 bridgehead atoms. The van der Waals surface area contributed by atoms with Crippen molar-refractivity contribution >= 4 is 11.8 Å². The lowest BCUT2D eigenvalue weighted by Gasteiger charge is -2.33. The van der Waals surface area contributed by atoms with Crippen LogP contribution in [0.1, 0.15) is 68.2 Å². The number of ketones is 1. The maximum Gasteiger partial charge on any atom is 0.373 e. The molecule has 0 fully saturated rings. The molecule has 0 aromatic rings. The number of aliphatic hydroxyl groups excluding tert-OH is 3. The Hall–Kier alpha value is -2.52. The summed E-state index contributed by atoms with van der Waals surface area (Å²) in [5.41, 5.74) is 1.78. The molecule has 1 heterocycles. The van der Waals surface area contributed by atoms with E-state index in [2.05, 4.69) is 0 Å². The zero-order chi connectivity index (χ0) is 32.1. The van der Waals surface area contributed by atoms with E-state index in [1.165, 1.54) is 20.3 Å². The van der Waals surface area contributed by atoms with Crippen LogP contribution >= 0.6 is 0 Å². The fourth-order valence-corrected chi connectivity index (χ4v) is 5.21. The standard InChI is InChI=1S/C34H54O8/c1-11-27(35)22(4)15-16-28(36)25(7)32(38)26(8)33-29(40-9)14-12-13-20(2)17-23(5)31(37)24(6)18-21(3)19-30(41-10)34(39)42-33/h12-16,18-19,22-27,29,31-33,35,37-38H,11,17H2,1-10H3/b14-12+,16-15+,20-13+,21-18+,30-19-/t22?,23-,24?,25?,26?,27?,29-,31?,32?,33?/m0/s1. The molecule has 0 aliphatic carbocycles. The van der Waals surface area contributed by atoms with Crippen molar-refractivity contribution in [2.75, 3.05) is 14.2 Å². The van der Waals surface area contributed by atoms with Gasteiger partial charge in [-0.05, 0) is 44.8 Å². The first-order valence-corrected chi connectivity index (χ1v) is 15.0. The van der Waals surface area contributed by atoms with Gasteiger partial charge in [0.15, 0.2) is 5.78 Å². The first-order chi connectivity index (χ1) is 19.7. The summed E-state index contributed by atoms with van der Waals surface area (Å²) in [4.78, 5) is 26.3. The lowest BCUT2D eigenvalue weighted by Crippen LogP contribution is -2.45. The van der Waals surface area contributed by atoms with Gasteiger partial charge in [0.2, 0.25) is 5.76 Å². The highest BCUT2D eigenvalue weighted by molar-refractivity contribution is 5.92. The van der Waals surface area contributed by atoms with E-state index >= 15 is 0 Å². The highest BCUT2D eigenvalue weighted by Crippen LogP contribution is 2.27. The Balaban J connectivity index is 3.47. The minimum absolute atomic E-state index is 0.000107. The minimum atomic E-state index is -1.17. The molecule has 0 spiro atoms. The van der Waals surface area contributed by atoms with Crippen LogP contribution in [0, 0.1) is 29.6 Å². The van der Waals surface area contributed by atoms with E-state index in [-0.39, 0.29) is 29.3 Å². The first-order valence-electron chi connectivity index (χ1n) is 15.0. The average Bonchev–Trinajstić information content (AvgIpc) is 2.96. The number of methoxy groups -OCH3 is 2. The number of carbonyl (C=O) groups is 2. The second-order valence-corrected chi connectivity index (χ2v) is 11.9. The molecule has 8 nitrogen and oxygen atoms in total. The number of aliphatic hydroxyl groups is 3.